The Labute approximate surface area is 132 Å². The molecule has 0 heterocycles. The molecule has 98 valence electrons. The van der Waals surface area contributed by atoms with Crippen LogP contribution in [0.4, 0.5) is 0 Å². The maximum atomic E-state index is 11.3. The van der Waals surface area contributed by atoms with Crippen molar-refractivity contribution in [1.82, 2.24) is 0 Å². The predicted octanol–water partition coefficient (Wildman–Crippen LogP) is 0.685. The van der Waals surface area contributed by atoms with Gasteiger partial charge in [0.25, 0.3) is 20.2 Å². The molecular weight excluding hydrogens is 303 g/mol. The molecule has 0 atom stereocenters. The summed E-state index contributed by atoms with van der Waals surface area (Å²) in [4.78, 5) is -1.66. The third kappa shape index (κ3) is 3.34. The molecule has 0 radical (unpaired) electrons. The van der Waals surface area contributed by atoms with Crippen molar-refractivity contribution < 1.29 is 25.9 Å². The van der Waals surface area contributed by atoms with E-state index in [9.17, 15) is 16.8 Å². The van der Waals surface area contributed by atoms with E-state index in [-0.39, 0.29) is 34.9 Å². The molecule has 0 amide bonds. The van der Waals surface area contributed by atoms with Gasteiger partial charge in [-0.2, -0.15) is 16.8 Å². The first-order valence-electron chi connectivity index (χ1n) is 4.68. The molecule has 0 aliphatic rings. The van der Waals surface area contributed by atoms with Crippen molar-refractivity contribution in [2.24, 2.45) is 0 Å². The quantitative estimate of drug-likeness (QED) is 0.623. The van der Waals surface area contributed by atoms with Crippen LogP contribution in [0.3, 0.4) is 0 Å². The third-order valence-electron chi connectivity index (χ3n) is 2.38. The van der Waals surface area contributed by atoms with Crippen LogP contribution in [0.1, 0.15) is 0 Å². The van der Waals surface area contributed by atoms with Crippen LogP contribution < -0.4 is 0 Å². The van der Waals surface area contributed by atoms with Crippen molar-refractivity contribution >= 4 is 60.6 Å². The van der Waals surface area contributed by atoms with E-state index in [0.29, 0.717) is 5.39 Å². The van der Waals surface area contributed by atoms with Gasteiger partial charge in [0.2, 0.25) is 0 Å². The zero-order valence-corrected chi connectivity index (χ0v) is 10.4. The van der Waals surface area contributed by atoms with Crippen LogP contribution in [0.15, 0.2) is 46.2 Å². The van der Waals surface area contributed by atoms with Crippen molar-refractivity contribution in [3.63, 3.8) is 0 Å². The van der Waals surface area contributed by atoms with E-state index in [0.717, 1.165) is 6.07 Å². The minimum atomic E-state index is -4.78. The van der Waals surface area contributed by atoms with E-state index >= 15 is 0 Å². The van der Waals surface area contributed by atoms with Gasteiger partial charge in [-0.05, 0) is 11.5 Å². The minimum absolute atomic E-state index is 0. The topological polar surface area (TPSA) is 109 Å². The van der Waals surface area contributed by atoms with E-state index < -0.39 is 30.0 Å². The van der Waals surface area contributed by atoms with Gasteiger partial charge in [0.1, 0.15) is 9.79 Å². The summed E-state index contributed by atoms with van der Waals surface area (Å²) in [6.07, 6.45) is 0. The molecule has 2 aromatic carbocycles. The molecule has 2 N–H and O–H groups in total. The van der Waals surface area contributed by atoms with Gasteiger partial charge in [-0.3, -0.25) is 9.11 Å². The van der Waals surface area contributed by atoms with Crippen LogP contribution >= 0.6 is 0 Å². The number of hydrogen-bond donors (Lipinski definition) is 2. The molecule has 6 nitrogen and oxygen atoms in total. The van der Waals surface area contributed by atoms with Crippen LogP contribution in [-0.4, -0.2) is 55.5 Å². The Morgan fingerprint density at radius 2 is 1.37 bits per heavy atom. The Morgan fingerprint density at radius 3 is 1.89 bits per heavy atom. The van der Waals surface area contributed by atoms with E-state index in [2.05, 4.69) is 0 Å². The van der Waals surface area contributed by atoms with Gasteiger partial charge in [-0.25, -0.2) is 0 Å². The van der Waals surface area contributed by atoms with Crippen molar-refractivity contribution in [2.45, 2.75) is 9.79 Å². The summed E-state index contributed by atoms with van der Waals surface area (Å²) in [5, 5.41) is 0.452. The summed E-state index contributed by atoms with van der Waals surface area (Å²) in [6.45, 7) is 0. The summed E-state index contributed by atoms with van der Waals surface area (Å²) >= 11 is 0. The molecule has 0 saturated carbocycles. The fourth-order valence-electron chi connectivity index (χ4n) is 1.69. The molecule has 0 aliphatic carbocycles. The zero-order valence-electron chi connectivity index (χ0n) is 8.81. The van der Waals surface area contributed by atoms with Gasteiger partial charge < -0.3 is 0 Å². The summed E-state index contributed by atoms with van der Waals surface area (Å²) < 4.78 is 63.0. The Morgan fingerprint density at radius 1 is 0.789 bits per heavy atom. The Kier molecular flexibility index (Phi) is 4.79. The predicted molar refractivity (Wildman–Crippen MR) is 70.7 cm³/mol. The fraction of sp³-hybridized carbons (Fsp3) is 0. The number of benzene rings is 2. The van der Waals surface area contributed by atoms with E-state index in [4.69, 9.17) is 9.11 Å². The van der Waals surface area contributed by atoms with Crippen LogP contribution in [0.2, 0.25) is 0 Å². The average molecular weight is 312 g/mol. The van der Waals surface area contributed by atoms with E-state index in [1.807, 2.05) is 0 Å². The Bertz CT molecular complexity index is 826. The molecule has 0 spiro atoms. The number of hydrogen-bond acceptors (Lipinski definition) is 4. The van der Waals surface area contributed by atoms with Crippen molar-refractivity contribution in [2.75, 3.05) is 0 Å². The summed E-state index contributed by atoms with van der Waals surface area (Å²) in [5.41, 5.74) is 0. The molecule has 0 aromatic heterocycles. The second-order valence-electron chi connectivity index (χ2n) is 3.56. The molecule has 2 rings (SSSR count). The Balaban J connectivity index is 0.00000180. The first-order valence-corrected chi connectivity index (χ1v) is 7.56. The monoisotopic (exact) mass is 312 g/mol. The van der Waals surface area contributed by atoms with Crippen molar-refractivity contribution in [3.8, 4) is 0 Å². The Hall–Kier alpha value is -0.480. The second-order valence-corrected chi connectivity index (χ2v) is 6.31. The van der Waals surface area contributed by atoms with E-state index in [1.54, 1.807) is 12.1 Å². The molecule has 9 heteroatoms. The van der Waals surface area contributed by atoms with Gasteiger partial charge in [-0.1, -0.05) is 30.3 Å². The molecule has 0 saturated heterocycles. The molecule has 0 fully saturated rings. The van der Waals surface area contributed by atoms with Crippen molar-refractivity contribution in [1.29, 1.82) is 0 Å². The van der Waals surface area contributed by atoms with Crippen molar-refractivity contribution in [3.05, 3.63) is 36.4 Å². The molecular formula is C10H9NaO6S2. The maximum absolute atomic E-state index is 11.3. The normalized spacial score (nSPS) is 12.1. The number of fused-ring (bicyclic) bond motifs is 1. The number of rotatable bonds is 2. The molecule has 2 aromatic rings. The summed E-state index contributed by atoms with van der Waals surface area (Å²) in [7, 11) is -9.53. The van der Waals surface area contributed by atoms with Crippen LogP contribution in [0.25, 0.3) is 10.8 Å². The fourth-order valence-corrected chi connectivity index (χ4v) is 3.69. The van der Waals surface area contributed by atoms with Crippen LogP contribution in [0.5, 0.6) is 0 Å². The SMILES string of the molecule is O=S(=O)(O)c1ccc2ccccc2c1S(=O)(=O)O.[NaH]. The van der Waals surface area contributed by atoms with Gasteiger partial charge >= 0.3 is 29.6 Å². The molecule has 0 aliphatic heterocycles. The second kappa shape index (κ2) is 5.49. The summed E-state index contributed by atoms with van der Waals surface area (Å²) in [6, 6.07) is 8.28. The van der Waals surface area contributed by atoms with Crippen LogP contribution in [0, 0.1) is 0 Å². The third-order valence-corrected chi connectivity index (χ3v) is 4.36. The average Bonchev–Trinajstić information content (AvgIpc) is 2.24. The van der Waals surface area contributed by atoms with E-state index in [1.165, 1.54) is 18.2 Å². The first kappa shape index (κ1) is 16.6. The van der Waals surface area contributed by atoms with Crippen LogP contribution in [-0.2, 0) is 20.2 Å². The van der Waals surface area contributed by atoms with Gasteiger partial charge in [0, 0.05) is 5.39 Å². The molecule has 0 unspecified atom stereocenters. The zero-order chi connectivity index (χ0) is 13.6. The van der Waals surface area contributed by atoms with Gasteiger partial charge in [-0.15, -0.1) is 0 Å². The summed E-state index contributed by atoms with van der Waals surface area (Å²) in [5.74, 6) is 0. The molecule has 19 heavy (non-hydrogen) atoms. The molecule has 0 bridgehead atoms. The van der Waals surface area contributed by atoms with Gasteiger partial charge in [0.15, 0.2) is 0 Å². The standard InChI is InChI=1S/C10H8O6S2.Na.H/c11-17(12,13)9-6-5-7-3-1-2-4-8(7)10(9)18(14,15)16;;/h1-6H,(H,11,12,13)(H,14,15,16);;. The van der Waals surface area contributed by atoms with Gasteiger partial charge in [0.05, 0.1) is 0 Å². The first-order chi connectivity index (χ1) is 8.21.